The van der Waals surface area contributed by atoms with E-state index in [0.29, 0.717) is 11.6 Å². The monoisotopic (exact) mass is 388 g/mol. The summed E-state index contributed by atoms with van der Waals surface area (Å²) in [6.45, 7) is 1.93. The zero-order valence-corrected chi connectivity index (χ0v) is 14.4. The average Bonchev–Trinajstić information content (AvgIpc) is 2.72. The molecule has 104 valence electrons. The van der Waals surface area contributed by atoms with Crippen LogP contribution in [0.4, 0.5) is 0 Å². The molecule has 1 aliphatic heterocycles. The van der Waals surface area contributed by atoms with Crippen LogP contribution in [0.5, 0.6) is 0 Å². The molecule has 5 heteroatoms. The van der Waals surface area contributed by atoms with Gasteiger partial charge in [0.15, 0.2) is 0 Å². The molecule has 1 saturated heterocycles. The predicted molar refractivity (Wildman–Crippen MR) is 84.5 cm³/mol. The second kappa shape index (κ2) is 6.37. The number of amides is 1. The minimum absolute atomic E-state index is 0.0716. The molecular formula is C14H18Br2N2O. The number of rotatable bonds is 3. The maximum atomic E-state index is 12.4. The van der Waals surface area contributed by atoms with E-state index in [1.165, 1.54) is 12.8 Å². The average molecular weight is 390 g/mol. The number of likely N-dealkylation sites (N-methyl/N-ethyl adjacent to an activating group) is 2. The predicted octanol–water partition coefficient (Wildman–Crippen LogP) is 3.38. The highest BCUT2D eigenvalue weighted by Crippen LogP contribution is 2.22. The van der Waals surface area contributed by atoms with E-state index < -0.39 is 0 Å². The summed E-state index contributed by atoms with van der Waals surface area (Å²) < 4.78 is 1.83. The minimum atomic E-state index is 0.0716. The van der Waals surface area contributed by atoms with Gasteiger partial charge < -0.3 is 9.80 Å². The second-order valence-corrected chi connectivity index (χ2v) is 6.95. The Labute approximate surface area is 131 Å². The molecule has 0 aliphatic carbocycles. The van der Waals surface area contributed by atoms with Gasteiger partial charge in [-0.25, -0.2) is 0 Å². The molecule has 0 bridgehead atoms. The first-order valence-corrected chi connectivity index (χ1v) is 7.98. The molecule has 1 fully saturated rings. The number of nitrogens with zero attached hydrogens (tertiary/aromatic N) is 2. The molecule has 0 spiro atoms. The van der Waals surface area contributed by atoms with Crippen LogP contribution in [-0.2, 0) is 0 Å². The Morgan fingerprint density at radius 2 is 2.00 bits per heavy atom. The molecule has 1 heterocycles. The Morgan fingerprint density at radius 1 is 1.37 bits per heavy atom. The van der Waals surface area contributed by atoms with E-state index in [1.54, 1.807) is 0 Å². The fraction of sp³-hybridized carbons (Fsp3) is 0.500. The van der Waals surface area contributed by atoms with Crippen LogP contribution in [0.3, 0.4) is 0 Å². The molecule has 1 unspecified atom stereocenters. The molecular weight excluding hydrogens is 372 g/mol. The Morgan fingerprint density at radius 3 is 2.53 bits per heavy atom. The number of hydrogen-bond acceptors (Lipinski definition) is 2. The molecule has 1 atom stereocenters. The van der Waals surface area contributed by atoms with E-state index in [1.807, 2.05) is 30.1 Å². The Balaban J connectivity index is 2.06. The van der Waals surface area contributed by atoms with Crippen molar-refractivity contribution in [1.82, 2.24) is 9.80 Å². The molecule has 2 rings (SSSR count). The lowest BCUT2D eigenvalue weighted by molar-refractivity contribution is 0.0761. The zero-order valence-electron chi connectivity index (χ0n) is 11.2. The van der Waals surface area contributed by atoms with E-state index in [4.69, 9.17) is 0 Å². The van der Waals surface area contributed by atoms with Gasteiger partial charge in [0.2, 0.25) is 0 Å². The van der Waals surface area contributed by atoms with Crippen LogP contribution in [-0.4, -0.2) is 48.9 Å². The first-order valence-electron chi connectivity index (χ1n) is 6.39. The highest BCUT2D eigenvalue weighted by Gasteiger charge is 2.24. The zero-order chi connectivity index (χ0) is 14.0. The second-order valence-electron chi connectivity index (χ2n) is 5.12. The van der Waals surface area contributed by atoms with Crippen molar-refractivity contribution in [3.05, 3.63) is 32.7 Å². The first kappa shape index (κ1) is 15.0. The molecule has 19 heavy (non-hydrogen) atoms. The van der Waals surface area contributed by atoms with Gasteiger partial charge in [0.1, 0.15) is 0 Å². The maximum absolute atomic E-state index is 12.4. The standard InChI is InChI=1S/C14H18Br2N2O/c1-17-5-3-4-13(17)9-18(2)14(19)10-6-11(15)8-12(16)7-10/h6-8,13H,3-5,9H2,1-2H3. The van der Waals surface area contributed by atoms with Crippen molar-refractivity contribution >= 4 is 37.8 Å². The smallest absolute Gasteiger partial charge is 0.253 e. The highest BCUT2D eigenvalue weighted by molar-refractivity contribution is 9.11. The van der Waals surface area contributed by atoms with Crippen LogP contribution in [0, 0.1) is 0 Å². The summed E-state index contributed by atoms with van der Waals surface area (Å²) in [5.74, 6) is 0.0716. The molecule has 1 aliphatic rings. The maximum Gasteiger partial charge on any atom is 0.253 e. The van der Waals surface area contributed by atoms with E-state index in [2.05, 4.69) is 43.8 Å². The fourth-order valence-electron chi connectivity index (χ4n) is 2.51. The minimum Gasteiger partial charge on any atom is -0.340 e. The molecule has 0 radical (unpaired) electrons. The lowest BCUT2D eigenvalue weighted by atomic mass is 10.1. The van der Waals surface area contributed by atoms with Crippen LogP contribution < -0.4 is 0 Å². The van der Waals surface area contributed by atoms with Crippen molar-refractivity contribution in [1.29, 1.82) is 0 Å². The molecule has 0 N–H and O–H groups in total. The summed E-state index contributed by atoms with van der Waals surface area (Å²) in [5, 5.41) is 0. The van der Waals surface area contributed by atoms with Crippen molar-refractivity contribution in [3.63, 3.8) is 0 Å². The largest absolute Gasteiger partial charge is 0.340 e. The van der Waals surface area contributed by atoms with Gasteiger partial charge in [-0.2, -0.15) is 0 Å². The molecule has 0 saturated carbocycles. The van der Waals surface area contributed by atoms with Gasteiger partial charge in [0.05, 0.1) is 0 Å². The summed E-state index contributed by atoms with van der Waals surface area (Å²) in [6, 6.07) is 6.15. The van der Waals surface area contributed by atoms with Crippen molar-refractivity contribution < 1.29 is 4.79 Å². The topological polar surface area (TPSA) is 23.6 Å². The number of halogens is 2. The number of carbonyl (C=O) groups excluding carboxylic acids is 1. The Hall–Kier alpha value is -0.390. The van der Waals surface area contributed by atoms with Gasteiger partial charge in [-0.1, -0.05) is 31.9 Å². The van der Waals surface area contributed by atoms with Gasteiger partial charge in [0, 0.05) is 34.1 Å². The van der Waals surface area contributed by atoms with Gasteiger partial charge in [-0.15, -0.1) is 0 Å². The van der Waals surface area contributed by atoms with Crippen molar-refractivity contribution in [2.45, 2.75) is 18.9 Å². The highest BCUT2D eigenvalue weighted by atomic mass is 79.9. The third-order valence-electron chi connectivity index (χ3n) is 3.61. The summed E-state index contributed by atoms with van der Waals surface area (Å²) in [7, 11) is 4.01. The van der Waals surface area contributed by atoms with Crippen LogP contribution in [0.2, 0.25) is 0 Å². The van der Waals surface area contributed by atoms with Gasteiger partial charge in [0.25, 0.3) is 5.91 Å². The summed E-state index contributed by atoms with van der Waals surface area (Å²) in [4.78, 5) is 16.6. The molecule has 1 aromatic rings. The summed E-state index contributed by atoms with van der Waals surface area (Å²) in [6.07, 6.45) is 2.40. The molecule has 1 amide bonds. The molecule has 3 nitrogen and oxygen atoms in total. The van der Waals surface area contributed by atoms with Crippen LogP contribution in [0.1, 0.15) is 23.2 Å². The first-order chi connectivity index (χ1) is 8.97. The van der Waals surface area contributed by atoms with Gasteiger partial charge in [-0.05, 0) is 44.6 Å². The van der Waals surface area contributed by atoms with Crippen molar-refractivity contribution in [2.24, 2.45) is 0 Å². The quantitative estimate of drug-likeness (QED) is 0.791. The van der Waals surface area contributed by atoms with Crippen molar-refractivity contribution in [2.75, 3.05) is 27.2 Å². The van der Waals surface area contributed by atoms with Gasteiger partial charge >= 0.3 is 0 Å². The number of carbonyl (C=O) groups is 1. The Bertz CT molecular complexity index is 458. The normalized spacial score (nSPS) is 19.7. The lowest BCUT2D eigenvalue weighted by Gasteiger charge is -2.26. The SMILES string of the molecule is CN(CC1CCCN1C)C(=O)c1cc(Br)cc(Br)c1. The number of likely N-dealkylation sites (tertiary alicyclic amines) is 1. The van der Waals surface area contributed by atoms with E-state index in [0.717, 1.165) is 22.0 Å². The third-order valence-corrected chi connectivity index (χ3v) is 4.53. The third kappa shape index (κ3) is 3.80. The van der Waals surface area contributed by atoms with Crippen LogP contribution in [0.15, 0.2) is 27.1 Å². The Kier molecular flexibility index (Phi) is 5.03. The summed E-state index contributed by atoms with van der Waals surface area (Å²) >= 11 is 6.84. The number of benzene rings is 1. The fourth-order valence-corrected chi connectivity index (χ4v) is 3.80. The van der Waals surface area contributed by atoms with Crippen LogP contribution >= 0.6 is 31.9 Å². The van der Waals surface area contributed by atoms with E-state index in [-0.39, 0.29) is 5.91 Å². The van der Waals surface area contributed by atoms with Crippen LogP contribution in [0.25, 0.3) is 0 Å². The molecule has 0 aromatic heterocycles. The van der Waals surface area contributed by atoms with Crippen molar-refractivity contribution in [3.8, 4) is 0 Å². The lowest BCUT2D eigenvalue weighted by Crippen LogP contribution is -2.39. The number of hydrogen-bond donors (Lipinski definition) is 0. The summed E-state index contributed by atoms with van der Waals surface area (Å²) in [5.41, 5.74) is 0.712. The van der Waals surface area contributed by atoms with E-state index >= 15 is 0 Å². The van der Waals surface area contributed by atoms with Gasteiger partial charge in [-0.3, -0.25) is 4.79 Å². The molecule has 1 aromatic carbocycles. The van der Waals surface area contributed by atoms with E-state index in [9.17, 15) is 4.79 Å².